The molecule has 6 heteroatoms. The summed E-state index contributed by atoms with van der Waals surface area (Å²) >= 11 is 0. The Balaban J connectivity index is 2.77. The maximum absolute atomic E-state index is 14.0. The summed E-state index contributed by atoms with van der Waals surface area (Å²) in [6, 6.07) is 0. The third kappa shape index (κ3) is 50.3. The van der Waals surface area contributed by atoms with Gasteiger partial charge in [-0.15, -0.1) is 0 Å². The molecule has 0 radical (unpaired) electrons. The predicted molar refractivity (Wildman–Crippen MR) is 342 cm³/mol. The molecule has 0 saturated carbocycles. The number of nitrogens with zero attached hydrogens (tertiary/aromatic N) is 5. The highest BCUT2D eigenvalue weighted by Crippen LogP contribution is 2.17. The van der Waals surface area contributed by atoms with Crippen molar-refractivity contribution in [3.8, 4) is 0 Å². The summed E-state index contributed by atoms with van der Waals surface area (Å²) in [4.78, 5) is 27.2. The van der Waals surface area contributed by atoms with Gasteiger partial charge in [0.1, 0.15) is 0 Å². The second-order valence-corrected chi connectivity index (χ2v) is 25.1. The van der Waals surface area contributed by atoms with Crippen LogP contribution in [-0.2, 0) is 4.79 Å². The number of hydrogen-bond donors (Lipinski definition) is 0. The van der Waals surface area contributed by atoms with Crippen LogP contribution < -0.4 is 0 Å². The first-order chi connectivity index (χ1) is 37.6. The molecule has 1 aliphatic heterocycles. The Morgan fingerprint density at radius 2 is 0.461 bits per heavy atom. The average molecular weight is 1070 g/mol. The van der Waals surface area contributed by atoms with Crippen LogP contribution in [0, 0.1) is 0 Å². The molecular formula is C70H143N5O. The molecule has 1 saturated heterocycles. The summed E-state index contributed by atoms with van der Waals surface area (Å²) in [5, 5.41) is 0. The van der Waals surface area contributed by atoms with E-state index < -0.39 is 0 Å². The molecule has 1 rings (SSSR count). The Bertz CT molecular complexity index is 1060. The molecule has 6 nitrogen and oxygen atoms in total. The molecule has 1 heterocycles. The largest absolute Gasteiger partial charge is 0.339 e. The van der Waals surface area contributed by atoms with Crippen molar-refractivity contribution in [2.24, 2.45) is 0 Å². The minimum Gasteiger partial charge on any atom is -0.339 e. The maximum atomic E-state index is 14.0. The first kappa shape index (κ1) is 73.3. The Morgan fingerprint density at radius 3 is 0.711 bits per heavy atom. The maximum Gasteiger partial charge on any atom is 0.236 e. The summed E-state index contributed by atoms with van der Waals surface area (Å²) in [5.41, 5.74) is 0. The van der Waals surface area contributed by atoms with Gasteiger partial charge in [0.15, 0.2) is 0 Å². The minimum absolute atomic E-state index is 0.395. The number of amides is 1. The lowest BCUT2D eigenvalue weighted by molar-refractivity contribution is -0.134. The van der Waals surface area contributed by atoms with Gasteiger partial charge in [-0.1, -0.05) is 324 Å². The number of piperazine rings is 1. The lowest BCUT2D eigenvalue weighted by atomic mass is 10.1. The van der Waals surface area contributed by atoms with E-state index in [2.05, 4.69) is 59.1 Å². The second-order valence-electron chi connectivity index (χ2n) is 25.1. The van der Waals surface area contributed by atoms with Crippen LogP contribution in [0.3, 0.4) is 0 Å². The quantitative estimate of drug-likeness (QED) is 0.0567. The van der Waals surface area contributed by atoms with Crippen molar-refractivity contribution in [2.75, 3.05) is 91.6 Å². The number of hydrogen-bond acceptors (Lipinski definition) is 5. The van der Waals surface area contributed by atoms with Gasteiger partial charge in [0.05, 0.1) is 6.54 Å². The van der Waals surface area contributed by atoms with Crippen molar-refractivity contribution in [3.05, 3.63) is 0 Å². The summed E-state index contributed by atoms with van der Waals surface area (Å²) in [6.45, 7) is 27.0. The minimum atomic E-state index is 0.395. The average Bonchev–Trinajstić information content (AvgIpc) is 3.43. The summed E-state index contributed by atoms with van der Waals surface area (Å²) in [5.74, 6) is 0.395. The van der Waals surface area contributed by atoms with Crippen LogP contribution in [0.1, 0.15) is 356 Å². The zero-order chi connectivity index (χ0) is 54.7. The van der Waals surface area contributed by atoms with E-state index in [0.29, 0.717) is 12.5 Å². The van der Waals surface area contributed by atoms with Crippen molar-refractivity contribution in [2.45, 2.75) is 356 Å². The van der Waals surface area contributed by atoms with E-state index in [9.17, 15) is 4.79 Å². The van der Waals surface area contributed by atoms with E-state index >= 15 is 0 Å². The van der Waals surface area contributed by atoms with Gasteiger partial charge in [0.25, 0.3) is 0 Å². The van der Waals surface area contributed by atoms with Gasteiger partial charge in [-0.05, 0) is 64.8 Å². The fraction of sp³-hybridized carbons (Fsp3) is 0.986. The van der Waals surface area contributed by atoms with E-state index in [1.54, 1.807) is 0 Å². The number of carbonyl (C=O) groups excluding carboxylic acids is 1. The van der Waals surface area contributed by atoms with Crippen LogP contribution >= 0.6 is 0 Å². The number of carbonyl (C=O) groups is 1. The molecule has 0 aromatic heterocycles. The van der Waals surface area contributed by atoms with Crippen LogP contribution in [-0.4, -0.2) is 122 Å². The van der Waals surface area contributed by atoms with Gasteiger partial charge in [0, 0.05) is 52.4 Å². The highest BCUT2D eigenvalue weighted by Gasteiger charge is 2.23. The number of unbranched alkanes of at least 4 members (excludes halogenated alkanes) is 45. The molecule has 0 aromatic rings. The molecule has 1 amide bonds. The first-order valence-electron chi connectivity index (χ1n) is 35.7. The monoisotopic (exact) mass is 1070 g/mol. The summed E-state index contributed by atoms with van der Waals surface area (Å²) in [6.07, 6.45) is 70.0. The second kappa shape index (κ2) is 60.4. The third-order valence-corrected chi connectivity index (χ3v) is 17.7. The molecule has 0 aliphatic carbocycles. The van der Waals surface area contributed by atoms with Gasteiger partial charge in [-0.3, -0.25) is 14.6 Å². The predicted octanol–water partition coefficient (Wildman–Crippen LogP) is 20.6. The third-order valence-electron chi connectivity index (χ3n) is 17.7. The van der Waals surface area contributed by atoms with Gasteiger partial charge >= 0.3 is 0 Å². The molecule has 1 aliphatic rings. The van der Waals surface area contributed by atoms with Crippen LogP contribution in [0.2, 0.25) is 0 Å². The standard InChI is InChI=1S/C70H143N5O/c1-6-11-16-21-26-31-36-41-46-51-56-71(57-52-47-42-37-32-27-22-17-12-7-2)61-62-72(58-53-48-43-38-33-28-23-18-13-8-3)63-64-73-65-67-75(68-66-73)70(76)69-74(59-54-49-44-39-34-29-24-19-14-9-4)60-55-50-45-40-35-30-25-20-15-10-5/h6-69H2,1-5H3. The fourth-order valence-electron chi connectivity index (χ4n) is 12.1. The normalized spacial score (nSPS) is 13.4. The van der Waals surface area contributed by atoms with E-state index in [-0.39, 0.29) is 0 Å². The van der Waals surface area contributed by atoms with Crippen molar-refractivity contribution in [3.63, 3.8) is 0 Å². The summed E-state index contributed by atoms with van der Waals surface area (Å²) in [7, 11) is 0. The zero-order valence-electron chi connectivity index (χ0n) is 53.4. The Morgan fingerprint density at radius 1 is 0.250 bits per heavy atom. The highest BCUT2D eigenvalue weighted by molar-refractivity contribution is 5.78. The molecular weight excluding hydrogens is 927 g/mol. The van der Waals surface area contributed by atoms with Gasteiger partial charge in [-0.2, -0.15) is 0 Å². The van der Waals surface area contributed by atoms with Crippen molar-refractivity contribution in [1.82, 2.24) is 24.5 Å². The topological polar surface area (TPSA) is 33.3 Å². The van der Waals surface area contributed by atoms with Crippen LogP contribution in [0.5, 0.6) is 0 Å². The molecule has 1 fully saturated rings. The van der Waals surface area contributed by atoms with Gasteiger partial charge in [0.2, 0.25) is 5.91 Å². The van der Waals surface area contributed by atoms with Gasteiger partial charge < -0.3 is 14.7 Å². The van der Waals surface area contributed by atoms with E-state index in [1.807, 2.05) is 0 Å². The van der Waals surface area contributed by atoms with E-state index in [1.165, 1.54) is 360 Å². The van der Waals surface area contributed by atoms with Crippen molar-refractivity contribution >= 4 is 5.91 Å². The number of rotatable bonds is 63. The first-order valence-corrected chi connectivity index (χ1v) is 35.7. The Kier molecular flexibility index (Phi) is 58.3. The van der Waals surface area contributed by atoms with Crippen LogP contribution in [0.4, 0.5) is 0 Å². The van der Waals surface area contributed by atoms with Gasteiger partial charge in [-0.25, -0.2) is 0 Å². The fourth-order valence-corrected chi connectivity index (χ4v) is 12.1. The molecule has 0 spiro atoms. The molecule has 454 valence electrons. The molecule has 0 aromatic carbocycles. The molecule has 0 bridgehead atoms. The smallest absolute Gasteiger partial charge is 0.236 e. The lowest BCUT2D eigenvalue weighted by Gasteiger charge is -2.37. The Hall–Kier alpha value is -0.690. The summed E-state index contributed by atoms with van der Waals surface area (Å²) < 4.78 is 0. The molecule has 76 heavy (non-hydrogen) atoms. The van der Waals surface area contributed by atoms with Crippen LogP contribution in [0.15, 0.2) is 0 Å². The zero-order valence-corrected chi connectivity index (χ0v) is 53.4. The molecule has 0 atom stereocenters. The SMILES string of the molecule is CCCCCCCCCCCCN(CCCCCCCCCCCC)CCN(CCCCCCCCCCCC)CCN1CCN(C(=O)CN(CCCCCCCCCCCC)CCCCCCCCCCCC)CC1. The molecule has 0 unspecified atom stereocenters. The van der Waals surface area contributed by atoms with Crippen molar-refractivity contribution in [1.29, 1.82) is 0 Å². The van der Waals surface area contributed by atoms with E-state index in [0.717, 1.165) is 45.8 Å². The lowest BCUT2D eigenvalue weighted by Crippen LogP contribution is -2.52. The molecule has 0 N–H and O–H groups in total. The van der Waals surface area contributed by atoms with Crippen molar-refractivity contribution < 1.29 is 4.79 Å². The highest BCUT2D eigenvalue weighted by atomic mass is 16.2. The Labute approximate surface area is 480 Å². The van der Waals surface area contributed by atoms with E-state index in [4.69, 9.17) is 0 Å². The van der Waals surface area contributed by atoms with Crippen LogP contribution in [0.25, 0.3) is 0 Å².